The molecule has 0 aliphatic rings. The Balaban J connectivity index is 1.80. The molecule has 0 radical (unpaired) electrons. The van der Waals surface area contributed by atoms with E-state index in [0.717, 1.165) is 22.4 Å². The zero-order valence-corrected chi connectivity index (χ0v) is 14.6. The van der Waals surface area contributed by atoms with Crippen LogP contribution >= 0.6 is 0 Å². The molecule has 3 heteroatoms. The van der Waals surface area contributed by atoms with Crippen molar-refractivity contribution >= 4 is 6.08 Å². The zero-order chi connectivity index (χ0) is 18.2. The second-order valence-corrected chi connectivity index (χ2v) is 5.89. The van der Waals surface area contributed by atoms with Gasteiger partial charge in [0.05, 0.1) is 13.7 Å². The van der Waals surface area contributed by atoms with Gasteiger partial charge in [-0.15, -0.1) is 0 Å². The molecule has 0 saturated heterocycles. The van der Waals surface area contributed by atoms with E-state index in [1.165, 1.54) is 6.08 Å². The van der Waals surface area contributed by atoms with Crippen molar-refractivity contribution in [3.8, 4) is 5.75 Å². The Morgan fingerprint density at radius 2 is 1.50 bits per heavy atom. The van der Waals surface area contributed by atoms with Crippen LogP contribution in [0.15, 0.2) is 90.8 Å². The second-order valence-electron chi connectivity index (χ2n) is 5.89. The average Bonchev–Trinajstić information content (AvgIpc) is 2.70. The molecular formula is C23H21FO2. The lowest BCUT2D eigenvalue weighted by molar-refractivity contribution is 0.0505. The average molecular weight is 348 g/mol. The molecule has 2 nitrogen and oxygen atoms in total. The van der Waals surface area contributed by atoms with Gasteiger partial charge in [-0.3, -0.25) is 0 Å². The van der Waals surface area contributed by atoms with Gasteiger partial charge in [-0.05, 0) is 34.9 Å². The molecule has 0 aliphatic carbocycles. The lowest BCUT2D eigenvalue weighted by atomic mass is 10.1. The maximum absolute atomic E-state index is 15.0. The molecule has 0 heterocycles. The summed E-state index contributed by atoms with van der Waals surface area (Å²) in [4.78, 5) is 0. The van der Waals surface area contributed by atoms with Crippen LogP contribution < -0.4 is 4.74 Å². The molecule has 3 aromatic carbocycles. The lowest BCUT2D eigenvalue weighted by Crippen LogP contribution is -2.05. The van der Waals surface area contributed by atoms with Gasteiger partial charge in [0.25, 0.3) is 0 Å². The number of methoxy groups -OCH3 is 1. The third-order valence-corrected chi connectivity index (χ3v) is 4.03. The zero-order valence-electron chi connectivity index (χ0n) is 14.6. The Bertz CT molecular complexity index is 827. The molecule has 0 N–H and O–H groups in total. The van der Waals surface area contributed by atoms with Gasteiger partial charge in [0, 0.05) is 0 Å². The van der Waals surface area contributed by atoms with Crippen molar-refractivity contribution in [3.63, 3.8) is 0 Å². The molecule has 3 aromatic rings. The summed E-state index contributed by atoms with van der Waals surface area (Å²) < 4.78 is 26.1. The standard InChI is InChI=1S/C23H21FO2/c1-25-21-14-12-19(13-15-21)17-26-23(20-10-6-3-7-11-20)22(24)16-18-8-4-2-5-9-18/h2-16,23H,17H2,1H3/b22-16-. The summed E-state index contributed by atoms with van der Waals surface area (Å²) >= 11 is 0. The van der Waals surface area contributed by atoms with E-state index in [2.05, 4.69) is 0 Å². The van der Waals surface area contributed by atoms with Gasteiger partial charge in [0.1, 0.15) is 17.7 Å². The smallest absolute Gasteiger partial charge is 0.134 e. The minimum atomic E-state index is -0.751. The molecule has 0 spiro atoms. The predicted molar refractivity (Wildman–Crippen MR) is 102 cm³/mol. The Hall–Kier alpha value is -2.91. The Morgan fingerprint density at radius 3 is 2.12 bits per heavy atom. The largest absolute Gasteiger partial charge is 0.497 e. The van der Waals surface area contributed by atoms with Crippen molar-refractivity contribution in [1.29, 1.82) is 0 Å². The molecule has 26 heavy (non-hydrogen) atoms. The van der Waals surface area contributed by atoms with Gasteiger partial charge in [-0.2, -0.15) is 0 Å². The third kappa shape index (κ3) is 4.80. The first kappa shape index (κ1) is 17.9. The van der Waals surface area contributed by atoms with Crippen LogP contribution in [0.3, 0.4) is 0 Å². The quantitative estimate of drug-likeness (QED) is 0.524. The maximum atomic E-state index is 15.0. The predicted octanol–water partition coefficient (Wildman–Crippen LogP) is 5.96. The molecule has 1 unspecified atom stereocenters. The van der Waals surface area contributed by atoms with E-state index < -0.39 is 6.10 Å². The van der Waals surface area contributed by atoms with E-state index in [-0.39, 0.29) is 5.83 Å². The third-order valence-electron chi connectivity index (χ3n) is 4.03. The molecule has 0 aliphatic heterocycles. The summed E-state index contributed by atoms with van der Waals surface area (Å²) in [6.45, 7) is 0.305. The fourth-order valence-corrected chi connectivity index (χ4v) is 2.65. The number of hydrogen-bond acceptors (Lipinski definition) is 2. The number of rotatable bonds is 7. The van der Waals surface area contributed by atoms with Gasteiger partial charge < -0.3 is 9.47 Å². The van der Waals surface area contributed by atoms with Crippen molar-refractivity contribution in [2.45, 2.75) is 12.7 Å². The van der Waals surface area contributed by atoms with Gasteiger partial charge in [0.15, 0.2) is 0 Å². The molecule has 132 valence electrons. The topological polar surface area (TPSA) is 18.5 Å². The first-order valence-corrected chi connectivity index (χ1v) is 8.48. The summed E-state index contributed by atoms with van der Waals surface area (Å²) in [7, 11) is 1.63. The summed E-state index contributed by atoms with van der Waals surface area (Å²) in [6, 6.07) is 26.4. The van der Waals surface area contributed by atoms with Crippen LogP contribution in [0.1, 0.15) is 22.8 Å². The number of hydrogen-bond donors (Lipinski definition) is 0. The Labute approximate surface area is 153 Å². The highest BCUT2D eigenvalue weighted by Crippen LogP contribution is 2.29. The Kier molecular flexibility index (Phi) is 6.18. The molecule has 0 amide bonds. The van der Waals surface area contributed by atoms with Crippen LogP contribution in [0.2, 0.25) is 0 Å². The fourth-order valence-electron chi connectivity index (χ4n) is 2.65. The summed E-state index contributed by atoms with van der Waals surface area (Å²) in [5, 5.41) is 0. The minimum absolute atomic E-state index is 0.305. The van der Waals surface area contributed by atoms with E-state index in [1.807, 2.05) is 84.9 Å². The summed E-state index contributed by atoms with van der Waals surface area (Å²) in [6.07, 6.45) is 0.768. The SMILES string of the molecule is COc1ccc(COC(/C(F)=C/c2ccccc2)c2ccccc2)cc1. The van der Waals surface area contributed by atoms with Gasteiger partial charge in [0.2, 0.25) is 0 Å². The van der Waals surface area contributed by atoms with E-state index in [9.17, 15) is 4.39 Å². The van der Waals surface area contributed by atoms with Crippen LogP contribution in [0.4, 0.5) is 4.39 Å². The van der Waals surface area contributed by atoms with Crippen molar-refractivity contribution in [2.75, 3.05) is 7.11 Å². The summed E-state index contributed by atoms with van der Waals surface area (Å²) in [5.74, 6) is 0.458. The summed E-state index contributed by atoms with van der Waals surface area (Å²) in [5.41, 5.74) is 2.55. The van der Waals surface area contributed by atoms with Crippen LogP contribution in [0.25, 0.3) is 6.08 Å². The van der Waals surface area contributed by atoms with Crippen LogP contribution in [-0.2, 0) is 11.3 Å². The molecule has 0 saturated carbocycles. The monoisotopic (exact) mass is 348 g/mol. The van der Waals surface area contributed by atoms with Crippen LogP contribution in [0.5, 0.6) is 5.75 Å². The van der Waals surface area contributed by atoms with Crippen molar-refractivity contribution in [3.05, 3.63) is 107 Å². The fraction of sp³-hybridized carbons (Fsp3) is 0.130. The molecule has 1 atom stereocenters. The molecular weight excluding hydrogens is 327 g/mol. The number of benzene rings is 3. The molecule has 0 aromatic heterocycles. The lowest BCUT2D eigenvalue weighted by Gasteiger charge is -2.17. The van der Waals surface area contributed by atoms with E-state index in [1.54, 1.807) is 7.11 Å². The van der Waals surface area contributed by atoms with Gasteiger partial charge >= 0.3 is 0 Å². The van der Waals surface area contributed by atoms with E-state index >= 15 is 0 Å². The number of halogens is 1. The van der Waals surface area contributed by atoms with E-state index in [4.69, 9.17) is 9.47 Å². The minimum Gasteiger partial charge on any atom is -0.497 e. The van der Waals surface area contributed by atoms with Gasteiger partial charge in [-0.25, -0.2) is 4.39 Å². The first-order chi connectivity index (χ1) is 12.8. The molecule has 0 fully saturated rings. The Morgan fingerprint density at radius 1 is 0.885 bits per heavy atom. The highest BCUT2D eigenvalue weighted by atomic mass is 19.1. The molecule has 3 rings (SSSR count). The van der Waals surface area contributed by atoms with E-state index in [0.29, 0.717) is 6.61 Å². The van der Waals surface area contributed by atoms with Crippen LogP contribution in [0, 0.1) is 0 Å². The first-order valence-electron chi connectivity index (χ1n) is 8.48. The number of ether oxygens (including phenoxy) is 2. The molecule has 0 bridgehead atoms. The van der Waals surface area contributed by atoms with Crippen molar-refractivity contribution < 1.29 is 13.9 Å². The van der Waals surface area contributed by atoms with Gasteiger partial charge in [-0.1, -0.05) is 72.8 Å². The van der Waals surface area contributed by atoms with Crippen LogP contribution in [-0.4, -0.2) is 7.11 Å². The normalized spacial score (nSPS) is 12.6. The van der Waals surface area contributed by atoms with Crippen molar-refractivity contribution in [2.24, 2.45) is 0 Å². The second kappa shape index (κ2) is 8.97. The highest BCUT2D eigenvalue weighted by Gasteiger charge is 2.18. The highest BCUT2D eigenvalue weighted by molar-refractivity contribution is 5.52. The maximum Gasteiger partial charge on any atom is 0.134 e. The van der Waals surface area contributed by atoms with Crippen molar-refractivity contribution in [1.82, 2.24) is 0 Å².